The molecule has 1 saturated heterocycles. The van der Waals surface area contributed by atoms with Gasteiger partial charge in [0.1, 0.15) is 0 Å². The highest BCUT2D eigenvalue weighted by molar-refractivity contribution is 5.70. The number of ether oxygens (including phenoxy) is 1. The van der Waals surface area contributed by atoms with Gasteiger partial charge < -0.3 is 15.2 Å². The molecule has 1 aromatic carbocycles. The van der Waals surface area contributed by atoms with Gasteiger partial charge in [-0.15, -0.1) is 0 Å². The fourth-order valence-electron chi connectivity index (χ4n) is 2.44. The summed E-state index contributed by atoms with van der Waals surface area (Å²) in [5, 5.41) is 12.9. The SMILES string of the molecule is CC(=O)Oc1ccc([C@@H](C(F)F)N2CCNCC2)cc1O. The van der Waals surface area contributed by atoms with Crippen LogP contribution in [0.15, 0.2) is 18.2 Å². The van der Waals surface area contributed by atoms with Crippen molar-refractivity contribution in [3.63, 3.8) is 0 Å². The Labute approximate surface area is 121 Å². The molecule has 0 bridgehead atoms. The highest BCUT2D eigenvalue weighted by Crippen LogP contribution is 2.34. The predicted octanol–water partition coefficient (Wildman–Crippen LogP) is 1.53. The second-order valence-electron chi connectivity index (χ2n) is 4.89. The van der Waals surface area contributed by atoms with Gasteiger partial charge in [0.2, 0.25) is 0 Å². The third kappa shape index (κ3) is 3.89. The molecule has 2 N–H and O–H groups in total. The Bertz CT molecular complexity index is 505. The lowest BCUT2D eigenvalue weighted by atomic mass is 10.0. The molecule has 116 valence electrons. The number of rotatable bonds is 4. The Morgan fingerprint density at radius 1 is 1.38 bits per heavy atom. The molecule has 0 saturated carbocycles. The van der Waals surface area contributed by atoms with Crippen LogP contribution in [0.3, 0.4) is 0 Å². The van der Waals surface area contributed by atoms with E-state index in [2.05, 4.69) is 5.32 Å². The molecule has 0 amide bonds. The van der Waals surface area contributed by atoms with Gasteiger partial charge in [-0.05, 0) is 17.7 Å². The largest absolute Gasteiger partial charge is 0.504 e. The molecular formula is C14H18F2N2O3. The number of hydrogen-bond donors (Lipinski definition) is 2. The molecule has 1 fully saturated rings. The van der Waals surface area contributed by atoms with Crippen molar-refractivity contribution in [1.29, 1.82) is 0 Å². The molecule has 0 aliphatic carbocycles. The first-order valence-electron chi connectivity index (χ1n) is 6.73. The Morgan fingerprint density at radius 2 is 2.05 bits per heavy atom. The normalized spacial score (nSPS) is 17.7. The third-order valence-corrected chi connectivity index (χ3v) is 3.36. The van der Waals surface area contributed by atoms with Crippen LogP contribution < -0.4 is 10.1 Å². The maximum absolute atomic E-state index is 13.4. The number of aromatic hydroxyl groups is 1. The first kappa shape index (κ1) is 15.7. The Hall–Kier alpha value is -1.73. The van der Waals surface area contributed by atoms with Crippen molar-refractivity contribution in [1.82, 2.24) is 10.2 Å². The van der Waals surface area contributed by atoms with Gasteiger partial charge in [-0.1, -0.05) is 6.07 Å². The number of benzene rings is 1. The van der Waals surface area contributed by atoms with Crippen molar-refractivity contribution in [2.75, 3.05) is 26.2 Å². The zero-order valence-corrected chi connectivity index (χ0v) is 11.7. The summed E-state index contributed by atoms with van der Waals surface area (Å²) in [6, 6.07) is 2.95. The number of carbonyl (C=O) groups excluding carboxylic acids is 1. The predicted molar refractivity (Wildman–Crippen MR) is 72.6 cm³/mol. The summed E-state index contributed by atoms with van der Waals surface area (Å²) in [6.45, 7) is 3.54. The van der Waals surface area contributed by atoms with Crippen LogP contribution in [0.4, 0.5) is 8.78 Å². The van der Waals surface area contributed by atoms with Gasteiger partial charge >= 0.3 is 5.97 Å². The van der Waals surface area contributed by atoms with Crippen LogP contribution in [-0.2, 0) is 4.79 Å². The zero-order valence-electron chi connectivity index (χ0n) is 11.7. The number of halogens is 2. The van der Waals surface area contributed by atoms with Crippen LogP contribution >= 0.6 is 0 Å². The summed E-state index contributed by atoms with van der Waals surface area (Å²) >= 11 is 0. The molecule has 7 heteroatoms. The Morgan fingerprint density at radius 3 is 2.57 bits per heavy atom. The minimum absolute atomic E-state index is 0.0282. The van der Waals surface area contributed by atoms with Gasteiger partial charge in [0.15, 0.2) is 11.5 Å². The fraction of sp³-hybridized carbons (Fsp3) is 0.500. The van der Waals surface area contributed by atoms with E-state index in [0.29, 0.717) is 31.7 Å². The number of alkyl halides is 2. The highest BCUT2D eigenvalue weighted by atomic mass is 19.3. The number of hydrogen-bond acceptors (Lipinski definition) is 5. The average Bonchev–Trinajstić information content (AvgIpc) is 2.42. The number of nitrogens with zero attached hydrogens (tertiary/aromatic N) is 1. The maximum atomic E-state index is 13.4. The summed E-state index contributed by atoms with van der Waals surface area (Å²) in [7, 11) is 0. The number of piperazine rings is 1. The summed E-state index contributed by atoms with van der Waals surface area (Å²) in [5.74, 6) is -0.923. The molecule has 1 aromatic rings. The minimum atomic E-state index is -2.57. The van der Waals surface area contributed by atoms with E-state index in [0.717, 1.165) is 0 Å². The standard InChI is InChI=1S/C14H18F2N2O3/c1-9(19)21-12-3-2-10(8-11(12)20)13(14(15)16)18-6-4-17-5-7-18/h2-3,8,13-14,17,20H,4-7H2,1H3/t13-/m0/s1. The molecule has 5 nitrogen and oxygen atoms in total. The summed E-state index contributed by atoms with van der Waals surface area (Å²) in [4.78, 5) is 12.6. The summed E-state index contributed by atoms with van der Waals surface area (Å²) in [6.07, 6.45) is -2.57. The molecule has 21 heavy (non-hydrogen) atoms. The lowest BCUT2D eigenvalue weighted by molar-refractivity contribution is -0.132. The molecule has 1 atom stereocenters. The molecule has 1 aliphatic heterocycles. The number of nitrogens with one attached hydrogen (secondary N) is 1. The fourth-order valence-corrected chi connectivity index (χ4v) is 2.44. The number of esters is 1. The van der Waals surface area contributed by atoms with E-state index in [1.54, 1.807) is 4.90 Å². The van der Waals surface area contributed by atoms with Crippen molar-refractivity contribution in [3.05, 3.63) is 23.8 Å². The first-order chi connectivity index (χ1) is 9.99. The average molecular weight is 300 g/mol. The van der Waals surface area contributed by atoms with Crippen LogP contribution in [0.2, 0.25) is 0 Å². The lowest BCUT2D eigenvalue weighted by Gasteiger charge is -2.34. The number of carbonyl (C=O) groups is 1. The van der Waals surface area contributed by atoms with Gasteiger partial charge in [0, 0.05) is 33.1 Å². The molecular weight excluding hydrogens is 282 g/mol. The topological polar surface area (TPSA) is 61.8 Å². The Kier molecular flexibility index (Phi) is 5.08. The molecule has 1 heterocycles. The summed E-state index contributed by atoms with van der Waals surface area (Å²) in [5.41, 5.74) is 0.306. The van der Waals surface area contributed by atoms with Crippen molar-refractivity contribution >= 4 is 5.97 Å². The van der Waals surface area contributed by atoms with E-state index in [9.17, 15) is 18.7 Å². The van der Waals surface area contributed by atoms with Gasteiger partial charge in [-0.3, -0.25) is 9.69 Å². The van der Waals surface area contributed by atoms with Crippen LogP contribution in [-0.4, -0.2) is 48.6 Å². The monoisotopic (exact) mass is 300 g/mol. The quantitative estimate of drug-likeness (QED) is 0.652. The van der Waals surface area contributed by atoms with E-state index >= 15 is 0 Å². The second-order valence-corrected chi connectivity index (χ2v) is 4.89. The molecule has 0 spiro atoms. The van der Waals surface area contributed by atoms with Gasteiger partial charge in [0.25, 0.3) is 6.43 Å². The van der Waals surface area contributed by atoms with Crippen LogP contribution in [0.5, 0.6) is 11.5 Å². The third-order valence-electron chi connectivity index (χ3n) is 3.36. The smallest absolute Gasteiger partial charge is 0.308 e. The molecule has 2 rings (SSSR count). The van der Waals surface area contributed by atoms with Crippen molar-refractivity contribution in [3.8, 4) is 11.5 Å². The van der Waals surface area contributed by atoms with E-state index in [1.165, 1.54) is 25.1 Å². The second kappa shape index (κ2) is 6.82. The van der Waals surface area contributed by atoms with Gasteiger partial charge in [-0.25, -0.2) is 8.78 Å². The highest BCUT2D eigenvalue weighted by Gasteiger charge is 2.30. The van der Waals surface area contributed by atoms with Gasteiger partial charge in [-0.2, -0.15) is 0 Å². The lowest BCUT2D eigenvalue weighted by Crippen LogP contribution is -2.46. The molecule has 0 aromatic heterocycles. The van der Waals surface area contributed by atoms with Crippen LogP contribution in [0, 0.1) is 0 Å². The summed E-state index contributed by atoms with van der Waals surface area (Å²) < 4.78 is 31.6. The number of phenols is 1. The van der Waals surface area contributed by atoms with Crippen molar-refractivity contribution < 1.29 is 23.4 Å². The molecule has 0 radical (unpaired) electrons. The first-order valence-corrected chi connectivity index (χ1v) is 6.73. The van der Waals surface area contributed by atoms with Crippen LogP contribution in [0.25, 0.3) is 0 Å². The van der Waals surface area contributed by atoms with Crippen molar-refractivity contribution in [2.45, 2.75) is 19.4 Å². The zero-order chi connectivity index (χ0) is 15.4. The van der Waals surface area contributed by atoms with Crippen molar-refractivity contribution in [2.24, 2.45) is 0 Å². The molecule has 0 unspecified atom stereocenters. The van der Waals surface area contributed by atoms with E-state index in [4.69, 9.17) is 4.74 Å². The van der Waals surface area contributed by atoms with E-state index in [1.807, 2.05) is 0 Å². The minimum Gasteiger partial charge on any atom is -0.504 e. The Balaban J connectivity index is 2.24. The van der Waals surface area contributed by atoms with E-state index < -0.39 is 18.4 Å². The maximum Gasteiger partial charge on any atom is 0.308 e. The molecule has 1 aliphatic rings. The number of phenolic OH excluding ortho intramolecular Hbond substituents is 1. The van der Waals surface area contributed by atoms with Gasteiger partial charge in [0.05, 0.1) is 6.04 Å². The van der Waals surface area contributed by atoms with E-state index in [-0.39, 0.29) is 11.5 Å². The van der Waals surface area contributed by atoms with Crippen LogP contribution in [0.1, 0.15) is 18.5 Å².